The number of esters is 1. The third-order valence-electron chi connectivity index (χ3n) is 3.16. The summed E-state index contributed by atoms with van der Waals surface area (Å²) < 4.78 is 6.05. The minimum absolute atomic E-state index is 0.00363. The molecule has 3 heterocycles. The zero-order valence-electron chi connectivity index (χ0n) is 10.6. The molecule has 2 aliphatic heterocycles. The number of carbonyl (C=O) groups is 2. The monoisotopic (exact) mass is 291 g/mol. The van der Waals surface area contributed by atoms with Gasteiger partial charge in [0.05, 0.1) is 11.8 Å². The van der Waals surface area contributed by atoms with E-state index in [0.717, 1.165) is 10.2 Å². The van der Waals surface area contributed by atoms with Crippen molar-refractivity contribution < 1.29 is 14.3 Å². The molecule has 10 heteroatoms. The minimum atomic E-state index is -0.484. The third kappa shape index (κ3) is 2.09. The van der Waals surface area contributed by atoms with Crippen molar-refractivity contribution in [2.24, 2.45) is 0 Å². The highest BCUT2D eigenvalue weighted by Gasteiger charge is 2.47. The van der Waals surface area contributed by atoms with Gasteiger partial charge in [-0.3, -0.25) is 14.2 Å². The zero-order chi connectivity index (χ0) is 14.3. The number of tetrazole rings is 1. The number of amides is 1. The maximum atomic E-state index is 11.8. The third-order valence-corrected chi connectivity index (χ3v) is 4.31. The molecule has 2 aliphatic rings. The summed E-state index contributed by atoms with van der Waals surface area (Å²) in [5.74, 6) is -0.0373. The minimum Gasteiger partial charge on any atom is -0.461 e. The molecule has 8 nitrogen and oxygen atoms in total. The lowest BCUT2D eigenvalue weighted by atomic mass is 10.0. The number of thioether (sulfide) groups is 1. The first-order valence-electron chi connectivity index (χ1n) is 5.90. The van der Waals surface area contributed by atoms with Gasteiger partial charge in [0, 0.05) is 12.5 Å². The van der Waals surface area contributed by atoms with Crippen molar-refractivity contribution in [3.63, 3.8) is 0 Å². The molecule has 0 unspecified atom stereocenters. The highest BCUT2D eigenvalue weighted by molar-refractivity contribution is 8.02. The molecule has 3 rings (SSSR count). The van der Waals surface area contributed by atoms with Gasteiger partial charge in [-0.15, -0.1) is 16.9 Å². The number of rotatable bonds is 3. The molecule has 0 bridgehead atoms. The van der Waals surface area contributed by atoms with E-state index in [1.807, 2.05) is 5.41 Å². The Morgan fingerprint density at radius 3 is 3.05 bits per heavy atom. The molecule has 0 spiro atoms. The lowest BCUT2D eigenvalue weighted by Gasteiger charge is -2.47. The lowest BCUT2D eigenvalue weighted by Crippen LogP contribution is -2.55. The van der Waals surface area contributed by atoms with Crippen molar-refractivity contribution >= 4 is 31.6 Å². The van der Waals surface area contributed by atoms with Gasteiger partial charge in [0.15, 0.2) is 5.82 Å². The molecule has 2 atom stereocenters. The van der Waals surface area contributed by atoms with E-state index in [0.29, 0.717) is 12.2 Å². The van der Waals surface area contributed by atoms with Gasteiger partial charge >= 0.3 is 5.97 Å². The largest absolute Gasteiger partial charge is 0.461 e. The van der Waals surface area contributed by atoms with E-state index in [2.05, 4.69) is 15.5 Å². The smallest absolute Gasteiger partial charge is 0.302 e. The van der Waals surface area contributed by atoms with Crippen LogP contribution in [0.15, 0.2) is 11.0 Å². The van der Waals surface area contributed by atoms with E-state index < -0.39 is 6.04 Å². The standard InChI is InChI=1S/C10H10BN5O3S/c1-5(17)19-3-6-4-20-8-2-7(18)15(8)9(6)10-12-13-14-16(10)11/h4,8-9H,2-3H2,1H3/t8-,9-/m1/s1. The molecule has 1 fully saturated rings. The predicted octanol–water partition coefficient (Wildman–Crippen LogP) is -0.602. The van der Waals surface area contributed by atoms with Crippen LogP contribution in [-0.2, 0) is 14.3 Å². The van der Waals surface area contributed by atoms with Crippen LogP contribution in [0.3, 0.4) is 0 Å². The topological polar surface area (TPSA) is 90.2 Å². The first-order valence-corrected chi connectivity index (χ1v) is 6.84. The van der Waals surface area contributed by atoms with Crippen LogP contribution in [-0.4, -0.2) is 56.9 Å². The van der Waals surface area contributed by atoms with Gasteiger partial charge in [-0.25, -0.2) is 0 Å². The van der Waals surface area contributed by atoms with E-state index in [4.69, 9.17) is 12.7 Å². The summed E-state index contributed by atoms with van der Waals surface area (Å²) in [5, 5.41) is 12.9. The van der Waals surface area contributed by atoms with Gasteiger partial charge < -0.3 is 9.64 Å². The van der Waals surface area contributed by atoms with Crippen molar-refractivity contribution in [3.8, 4) is 0 Å². The fourth-order valence-electron chi connectivity index (χ4n) is 2.20. The van der Waals surface area contributed by atoms with Crippen LogP contribution < -0.4 is 0 Å². The fraction of sp³-hybridized carbons (Fsp3) is 0.500. The van der Waals surface area contributed by atoms with Gasteiger partial charge in [-0.2, -0.15) is 0 Å². The Bertz CT molecular complexity index is 603. The highest BCUT2D eigenvalue weighted by atomic mass is 32.2. The van der Waals surface area contributed by atoms with E-state index in [1.165, 1.54) is 18.7 Å². The Balaban J connectivity index is 1.92. The van der Waals surface area contributed by atoms with E-state index >= 15 is 0 Å². The summed E-state index contributed by atoms with van der Waals surface area (Å²) in [5.41, 5.74) is 0.732. The molecule has 20 heavy (non-hydrogen) atoms. The normalized spacial score (nSPS) is 24.8. The predicted molar refractivity (Wildman–Crippen MR) is 69.3 cm³/mol. The van der Waals surface area contributed by atoms with Crippen LogP contribution >= 0.6 is 11.8 Å². The first kappa shape index (κ1) is 13.2. The van der Waals surface area contributed by atoms with Crippen LogP contribution in [0.25, 0.3) is 0 Å². The number of nitrogens with zero attached hydrogens (tertiary/aromatic N) is 5. The van der Waals surface area contributed by atoms with Gasteiger partial charge in [-0.05, 0) is 10.6 Å². The molecular weight excluding hydrogens is 281 g/mol. The van der Waals surface area contributed by atoms with Gasteiger partial charge in [-0.1, -0.05) is 5.21 Å². The summed E-state index contributed by atoms with van der Waals surface area (Å²) in [6.45, 7) is 1.41. The van der Waals surface area contributed by atoms with E-state index in [9.17, 15) is 9.59 Å². The molecule has 2 radical (unpaired) electrons. The Morgan fingerprint density at radius 2 is 2.45 bits per heavy atom. The van der Waals surface area contributed by atoms with Crippen LogP contribution in [0, 0.1) is 0 Å². The second-order valence-corrected chi connectivity index (χ2v) is 5.51. The van der Waals surface area contributed by atoms with Gasteiger partial charge in [0.25, 0.3) is 7.98 Å². The molecule has 1 amide bonds. The molecule has 0 N–H and O–H groups in total. The molecule has 1 saturated heterocycles. The Labute approximate surface area is 119 Å². The number of carbonyl (C=O) groups excluding carboxylic acids is 2. The molecule has 1 aromatic rings. The van der Waals surface area contributed by atoms with Crippen molar-refractivity contribution in [3.05, 3.63) is 16.8 Å². The fourth-order valence-corrected chi connectivity index (χ4v) is 3.34. The lowest BCUT2D eigenvalue weighted by molar-refractivity contribution is -0.145. The number of aromatic nitrogens is 4. The Kier molecular flexibility index (Phi) is 3.24. The second kappa shape index (κ2) is 4.93. The molecule has 0 aromatic carbocycles. The van der Waals surface area contributed by atoms with Crippen LogP contribution in [0.2, 0.25) is 0 Å². The summed E-state index contributed by atoms with van der Waals surface area (Å²) in [4.78, 5) is 24.5. The molecule has 102 valence electrons. The SMILES string of the molecule is [B]n1nnnc1[C@H]1C(COC(C)=O)=CS[C@@H]2CC(=O)N12. The van der Waals surface area contributed by atoms with Crippen LogP contribution in [0.4, 0.5) is 0 Å². The van der Waals surface area contributed by atoms with Crippen LogP contribution in [0.5, 0.6) is 0 Å². The van der Waals surface area contributed by atoms with Gasteiger partial charge in [0.1, 0.15) is 12.6 Å². The Morgan fingerprint density at radius 1 is 1.65 bits per heavy atom. The number of hydrogen-bond acceptors (Lipinski definition) is 7. The first-order chi connectivity index (χ1) is 9.58. The average molecular weight is 291 g/mol. The highest BCUT2D eigenvalue weighted by Crippen LogP contribution is 2.45. The number of β-lactam (4-membered cyclic amide) rings is 1. The molecule has 1 aromatic heterocycles. The van der Waals surface area contributed by atoms with Gasteiger partial charge in [0.2, 0.25) is 5.91 Å². The Hall–Kier alpha value is -1.84. The quantitative estimate of drug-likeness (QED) is 0.417. The maximum Gasteiger partial charge on any atom is 0.302 e. The van der Waals surface area contributed by atoms with Crippen molar-refractivity contribution in [2.45, 2.75) is 24.8 Å². The number of ether oxygens (including phenoxy) is 1. The van der Waals surface area contributed by atoms with Crippen molar-refractivity contribution in [1.82, 2.24) is 25.0 Å². The maximum absolute atomic E-state index is 11.8. The summed E-state index contributed by atoms with van der Waals surface area (Å²) in [7, 11) is 5.67. The summed E-state index contributed by atoms with van der Waals surface area (Å²) in [6, 6.07) is -0.484. The van der Waals surface area contributed by atoms with Crippen LogP contribution in [0.1, 0.15) is 25.2 Å². The van der Waals surface area contributed by atoms with Crippen molar-refractivity contribution in [2.75, 3.05) is 6.61 Å². The second-order valence-electron chi connectivity index (χ2n) is 4.45. The molecule has 0 saturated carbocycles. The summed E-state index contributed by atoms with van der Waals surface area (Å²) >= 11 is 1.52. The van der Waals surface area contributed by atoms with Crippen molar-refractivity contribution in [1.29, 1.82) is 0 Å². The summed E-state index contributed by atoms with van der Waals surface area (Å²) in [6.07, 6.45) is 0.477. The zero-order valence-corrected chi connectivity index (χ0v) is 11.4. The molecular formula is C10H10BN5O3S. The van der Waals surface area contributed by atoms with E-state index in [-0.39, 0.29) is 23.9 Å². The number of fused-ring (bicyclic) bond motifs is 1. The average Bonchev–Trinajstić information content (AvgIpc) is 2.81. The molecule has 0 aliphatic carbocycles. The number of hydrogen-bond donors (Lipinski definition) is 0. The van der Waals surface area contributed by atoms with E-state index in [1.54, 1.807) is 4.90 Å².